The molecule has 0 saturated carbocycles. The van der Waals surface area contributed by atoms with Gasteiger partial charge in [-0.25, -0.2) is 4.98 Å². The normalized spacial score (nSPS) is 19.6. The predicted molar refractivity (Wildman–Crippen MR) is 91.3 cm³/mol. The largest absolute Gasteiger partial charge is 0.369 e. The Labute approximate surface area is 140 Å². The summed E-state index contributed by atoms with van der Waals surface area (Å²) >= 11 is 1.83. The molecule has 2 aromatic rings. The SMILES string of the molecule is CC(=O)c1ccnc(N2CCC3(CC2)OCCc2ccsc23)c1. The number of carbonyl (C=O) groups excluding carboxylic acids is 1. The van der Waals surface area contributed by atoms with Crippen LogP contribution in [0.4, 0.5) is 5.82 Å². The molecular weight excluding hydrogens is 308 g/mol. The minimum Gasteiger partial charge on any atom is -0.369 e. The number of ether oxygens (including phenoxy) is 1. The summed E-state index contributed by atoms with van der Waals surface area (Å²) in [6, 6.07) is 5.92. The van der Waals surface area contributed by atoms with Gasteiger partial charge >= 0.3 is 0 Å². The van der Waals surface area contributed by atoms with Gasteiger partial charge in [0.15, 0.2) is 5.78 Å². The molecule has 2 aliphatic rings. The molecule has 2 aliphatic heterocycles. The number of Topliss-reactive ketones (excluding diaryl/α,β-unsaturated/α-hetero) is 1. The molecule has 0 radical (unpaired) electrons. The molecule has 4 nitrogen and oxygen atoms in total. The molecule has 5 heteroatoms. The summed E-state index contributed by atoms with van der Waals surface area (Å²) in [5.74, 6) is 0.982. The highest BCUT2D eigenvalue weighted by molar-refractivity contribution is 7.10. The van der Waals surface area contributed by atoms with Crippen LogP contribution in [0.25, 0.3) is 0 Å². The Hall–Kier alpha value is -1.72. The molecule has 4 heterocycles. The van der Waals surface area contributed by atoms with Crippen molar-refractivity contribution in [1.82, 2.24) is 4.98 Å². The Morgan fingerprint density at radius 2 is 2.17 bits per heavy atom. The van der Waals surface area contributed by atoms with E-state index in [-0.39, 0.29) is 11.4 Å². The van der Waals surface area contributed by atoms with Crippen LogP contribution in [-0.2, 0) is 16.8 Å². The first-order valence-corrected chi connectivity index (χ1v) is 8.99. The standard InChI is InChI=1S/C18H20N2O2S/c1-13(21)15-2-7-19-16(12-15)20-8-5-18(6-9-20)17-14(3-10-22-18)4-11-23-17/h2,4,7,11-12H,3,5-6,8-10H2,1H3. The van der Waals surface area contributed by atoms with E-state index in [0.29, 0.717) is 0 Å². The maximum absolute atomic E-state index is 11.6. The lowest BCUT2D eigenvalue weighted by Gasteiger charge is -2.44. The third kappa shape index (κ3) is 2.58. The number of rotatable bonds is 2. The van der Waals surface area contributed by atoms with E-state index < -0.39 is 0 Å². The number of nitrogens with zero attached hydrogens (tertiary/aromatic N) is 2. The van der Waals surface area contributed by atoms with E-state index in [2.05, 4.69) is 21.3 Å². The molecule has 120 valence electrons. The van der Waals surface area contributed by atoms with E-state index in [1.807, 2.05) is 17.4 Å². The number of thiophene rings is 1. The Morgan fingerprint density at radius 1 is 1.35 bits per heavy atom. The summed E-state index contributed by atoms with van der Waals surface area (Å²) in [6.45, 7) is 4.23. The monoisotopic (exact) mass is 328 g/mol. The second-order valence-electron chi connectivity index (χ2n) is 6.31. The summed E-state index contributed by atoms with van der Waals surface area (Å²) in [7, 11) is 0. The van der Waals surface area contributed by atoms with Gasteiger partial charge in [-0.15, -0.1) is 11.3 Å². The average molecular weight is 328 g/mol. The summed E-state index contributed by atoms with van der Waals surface area (Å²) in [5.41, 5.74) is 2.09. The molecule has 0 aromatic carbocycles. The number of hydrogen-bond donors (Lipinski definition) is 0. The van der Waals surface area contributed by atoms with Gasteiger partial charge in [0.2, 0.25) is 0 Å². The van der Waals surface area contributed by atoms with Crippen molar-refractivity contribution in [3.63, 3.8) is 0 Å². The van der Waals surface area contributed by atoms with Gasteiger partial charge in [-0.2, -0.15) is 0 Å². The van der Waals surface area contributed by atoms with Gasteiger partial charge < -0.3 is 9.64 Å². The number of piperidine rings is 1. The quantitative estimate of drug-likeness (QED) is 0.792. The topological polar surface area (TPSA) is 42.4 Å². The Morgan fingerprint density at radius 3 is 2.96 bits per heavy atom. The first kappa shape index (κ1) is 14.8. The van der Waals surface area contributed by atoms with Gasteiger partial charge in [0, 0.05) is 29.7 Å². The number of hydrogen-bond acceptors (Lipinski definition) is 5. The van der Waals surface area contributed by atoms with Crippen LogP contribution in [0, 0.1) is 0 Å². The van der Waals surface area contributed by atoms with E-state index in [4.69, 9.17) is 4.74 Å². The second kappa shape index (κ2) is 5.73. The Bertz CT molecular complexity index is 732. The fourth-order valence-electron chi connectivity index (χ4n) is 3.63. The van der Waals surface area contributed by atoms with E-state index in [1.54, 1.807) is 19.2 Å². The number of carbonyl (C=O) groups is 1. The maximum atomic E-state index is 11.6. The lowest BCUT2D eigenvalue weighted by atomic mass is 9.85. The molecule has 1 saturated heterocycles. The van der Waals surface area contributed by atoms with Crippen molar-refractivity contribution in [2.45, 2.75) is 31.8 Å². The van der Waals surface area contributed by atoms with Crippen LogP contribution in [0.1, 0.15) is 40.6 Å². The Balaban J connectivity index is 1.54. The van der Waals surface area contributed by atoms with Gasteiger partial charge in [-0.05, 0) is 55.3 Å². The van der Waals surface area contributed by atoms with Gasteiger partial charge in [-0.1, -0.05) is 0 Å². The first-order valence-electron chi connectivity index (χ1n) is 8.11. The van der Waals surface area contributed by atoms with Crippen molar-refractivity contribution in [3.8, 4) is 0 Å². The minimum absolute atomic E-state index is 0.0842. The van der Waals surface area contributed by atoms with Crippen LogP contribution in [0.3, 0.4) is 0 Å². The molecule has 1 fully saturated rings. The lowest BCUT2D eigenvalue weighted by Crippen LogP contribution is -2.46. The zero-order valence-corrected chi connectivity index (χ0v) is 14.1. The van der Waals surface area contributed by atoms with Crippen molar-refractivity contribution in [2.24, 2.45) is 0 Å². The summed E-state index contributed by atoms with van der Waals surface area (Å²) in [4.78, 5) is 19.7. The fraction of sp³-hybridized carbons (Fsp3) is 0.444. The first-order chi connectivity index (χ1) is 11.2. The number of anilines is 1. The van der Waals surface area contributed by atoms with Crippen molar-refractivity contribution < 1.29 is 9.53 Å². The van der Waals surface area contributed by atoms with E-state index in [9.17, 15) is 4.79 Å². The van der Waals surface area contributed by atoms with E-state index >= 15 is 0 Å². The molecule has 0 aliphatic carbocycles. The third-order valence-corrected chi connectivity index (χ3v) is 6.10. The van der Waals surface area contributed by atoms with Crippen molar-refractivity contribution in [1.29, 1.82) is 0 Å². The molecular formula is C18H20N2O2S. The minimum atomic E-state index is -0.101. The van der Waals surface area contributed by atoms with Gasteiger partial charge in [0.25, 0.3) is 0 Å². The molecule has 4 rings (SSSR count). The number of pyridine rings is 1. The molecule has 0 amide bonds. The maximum Gasteiger partial charge on any atom is 0.159 e. The van der Waals surface area contributed by atoms with Crippen LogP contribution in [0.15, 0.2) is 29.8 Å². The smallest absolute Gasteiger partial charge is 0.159 e. The highest BCUT2D eigenvalue weighted by Gasteiger charge is 2.42. The average Bonchev–Trinajstić information content (AvgIpc) is 3.06. The van der Waals surface area contributed by atoms with Crippen LogP contribution in [0.5, 0.6) is 0 Å². The van der Waals surface area contributed by atoms with Crippen LogP contribution in [-0.4, -0.2) is 30.5 Å². The van der Waals surface area contributed by atoms with Crippen molar-refractivity contribution in [2.75, 3.05) is 24.6 Å². The van der Waals surface area contributed by atoms with Crippen LogP contribution >= 0.6 is 11.3 Å². The number of fused-ring (bicyclic) bond motifs is 2. The predicted octanol–water partition coefficient (Wildman–Crippen LogP) is 3.41. The fourth-order valence-corrected chi connectivity index (χ4v) is 4.80. The van der Waals surface area contributed by atoms with Gasteiger partial charge in [0.1, 0.15) is 11.4 Å². The Kier molecular flexibility index (Phi) is 3.70. The molecule has 0 atom stereocenters. The zero-order chi connectivity index (χ0) is 15.9. The molecule has 0 N–H and O–H groups in total. The van der Waals surface area contributed by atoms with Crippen LogP contribution in [0.2, 0.25) is 0 Å². The lowest BCUT2D eigenvalue weighted by molar-refractivity contribution is -0.0735. The van der Waals surface area contributed by atoms with Gasteiger partial charge in [0.05, 0.1) is 6.61 Å². The molecule has 0 unspecified atom stereocenters. The van der Waals surface area contributed by atoms with Gasteiger partial charge in [-0.3, -0.25) is 4.79 Å². The van der Waals surface area contributed by atoms with Crippen molar-refractivity contribution in [3.05, 3.63) is 45.8 Å². The molecule has 0 bridgehead atoms. The second-order valence-corrected chi connectivity index (χ2v) is 7.23. The molecule has 23 heavy (non-hydrogen) atoms. The number of aromatic nitrogens is 1. The highest BCUT2D eigenvalue weighted by Crippen LogP contribution is 2.44. The third-order valence-electron chi connectivity index (χ3n) is 4.96. The highest BCUT2D eigenvalue weighted by atomic mass is 32.1. The van der Waals surface area contributed by atoms with Crippen molar-refractivity contribution >= 4 is 22.9 Å². The summed E-state index contributed by atoms with van der Waals surface area (Å²) in [5, 5.41) is 2.19. The molecule has 1 spiro atoms. The van der Waals surface area contributed by atoms with E-state index in [0.717, 1.165) is 50.3 Å². The summed E-state index contributed by atoms with van der Waals surface area (Å²) in [6.07, 6.45) is 4.72. The number of ketones is 1. The van der Waals surface area contributed by atoms with Crippen LogP contribution < -0.4 is 4.90 Å². The molecule has 2 aromatic heterocycles. The zero-order valence-electron chi connectivity index (χ0n) is 13.2. The van der Waals surface area contributed by atoms with E-state index in [1.165, 1.54) is 10.4 Å². The summed E-state index contributed by atoms with van der Waals surface area (Å²) < 4.78 is 6.25.